The Morgan fingerprint density at radius 2 is 2.05 bits per heavy atom. The van der Waals surface area contributed by atoms with E-state index in [-0.39, 0.29) is 11.9 Å². The van der Waals surface area contributed by atoms with Crippen LogP contribution in [0.25, 0.3) is 0 Å². The minimum Gasteiger partial charge on any atom is -0.495 e. The van der Waals surface area contributed by atoms with Crippen molar-refractivity contribution in [1.29, 1.82) is 0 Å². The summed E-state index contributed by atoms with van der Waals surface area (Å²) in [5, 5.41) is 3.93. The highest BCUT2D eigenvalue weighted by Crippen LogP contribution is 2.25. The molecule has 1 atom stereocenters. The highest BCUT2D eigenvalue weighted by molar-refractivity contribution is 6.32. The fourth-order valence-electron chi connectivity index (χ4n) is 1.98. The molecule has 20 heavy (non-hydrogen) atoms. The van der Waals surface area contributed by atoms with Crippen LogP contribution in [0.3, 0.4) is 0 Å². The Kier molecular flexibility index (Phi) is 4.99. The van der Waals surface area contributed by atoms with Crippen LogP contribution in [0.15, 0.2) is 42.5 Å². The molecule has 2 rings (SSSR count). The van der Waals surface area contributed by atoms with Crippen molar-refractivity contribution in [3.8, 4) is 5.75 Å². The lowest BCUT2D eigenvalue weighted by molar-refractivity contribution is 0.414. The third kappa shape index (κ3) is 3.71. The molecule has 2 aromatic rings. The lowest BCUT2D eigenvalue weighted by Gasteiger charge is -2.15. The van der Waals surface area contributed by atoms with Crippen molar-refractivity contribution in [2.24, 2.45) is 0 Å². The maximum Gasteiger partial charge on any atom is 0.137 e. The van der Waals surface area contributed by atoms with Crippen LogP contribution < -0.4 is 10.1 Å². The summed E-state index contributed by atoms with van der Waals surface area (Å²) in [5.74, 6) is 0.442. The topological polar surface area (TPSA) is 21.3 Å². The van der Waals surface area contributed by atoms with Crippen LogP contribution in [-0.4, -0.2) is 7.11 Å². The smallest absolute Gasteiger partial charge is 0.137 e. The molecule has 0 saturated carbocycles. The van der Waals surface area contributed by atoms with Gasteiger partial charge in [0.25, 0.3) is 0 Å². The molecule has 0 spiro atoms. The summed E-state index contributed by atoms with van der Waals surface area (Å²) < 4.78 is 18.3. The number of rotatable bonds is 5. The Bertz CT molecular complexity index is 588. The minimum atomic E-state index is -0.219. The number of halogens is 2. The molecule has 0 aliphatic rings. The van der Waals surface area contributed by atoms with Crippen molar-refractivity contribution in [2.75, 3.05) is 7.11 Å². The van der Waals surface area contributed by atoms with Crippen molar-refractivity contribution < 1.29 is 9.13 Å². The average Bonchev–Trinajstić information content (AvgIpc) is 2.45. The maximum absolute atomic E-state index is 13.2. The van der Waals surface area contributed by atoms with E-state index in [1.807, 2.05) is 31.2 Å². The van der Waals surface area contributed by atoms with E-state index in [0.717, 1.165) is 11.1 Å². The van der Waals surface area contributed by atoms with Crippen LogP contribution in [0, 0.1) is 5.82 Å². The van der Waals surface area contributed by atoms with Gasteiger partial charge >= 0.3 is 0 Å². The molecule has 1 N–H and O–H groups in total. The molecule has 0 amide bonds. The molecule has 0 aromatic heterocycles. The van der Waals surface area contributed by atoms with Gasteiger partial charge in [0.2, 0.25) is 0 Å². The van der Waals surface area contributed by atoms with Gasteiger partial charge in [0.15, 0.2) is 0 Å². The number of benzene rings is 2. The number of nitrogens with one attached hydrogen (secondary N) is 1. The van der Waals surface area contributed by atoms with E-state index in [0.29, 0.717) is 17.3 Å². The van der Waals surface area contributed by atoms with E-state index in [4.69, 9.17) is 16.3 Å². The standard InChI is InChI=1S/C16H17ClFNO/c1-11(13-4-3-5-14(18)9-13)19-10-12-6-7-16(20-2)15(17)8-12/h3-9,11,19H,10H2,1-2H3/t11-/m1/s1. The van der Waals surface area contributed by atoms with Gasteiger partial charge in [0.1, 0.15) is 11.6 Å². The highest BCUT2D eigenvalue weighted by atomic mass is 35.5. The summed E-state index contributed by atoms with van der Waals surface area (Å²) >= 11 is 6.08. The third-order valence-electron chi connectivity index (χ3n) is 3.18. The Hall–Kier alpha value is -1.58. The van der Waals surface area contributed by atoms with Crippen LogP contribution in [0.2, 0.25) is 5.02 Å². The van der Waals surface area contributed by atoms with Crippen LogP contribution in [0.1, 0.15) is 24.1 Å². The number of hydrogen-bond acceptors (Lipinski definition) is 2. The van der Waals surface area contributed by atoms with Gasteiger partial charge in [0, 0.05) is 12.6 Å². The Morgan fingerprint density at radius 3 is 2.70 bits per heavy atom. The first-order chi connectivity index (χ1) is 9.60. The second kappa shape index (κ2) is 6.73. The number of hydrogen-bond donors (Lipinski definition) is 1. The molecule has 0 unspecified atom stereocenters. The quantitative estimate of drug-likeness (QED) is 0.885. The van der Waals surface area contributed by atoms with Crippen molar-refractivity contribution in [2.45, 2.75) is 19.5 Å². The molecule has 0 aliphatic heterocycles. The van der Waals surface area contributed by atoms with Crippen molar-refractivity contribution in [3.63, 3.8) is 0 Å². The zero-order valence-electron chi connectivity index (χ0n) is 11.5. The van der Waals surface area contributed by atoms with Gasteiger partial charge in [-0.2, -0.15) is 0 Å². The summed E-state index contributed by atoms with van der Waals surface area (Å²) in [6, 6.07) is 12.3. The van der Waals surface area contributed by atoms with Gasteiger partial charge in [-0.1, -0.05) is 29.8 Å². The normalized spacial score (nSPS) is 12.2. The molecule has 0 saturated heterocycles. The lowest BCUT2D eigenvalue weighted by Crippen LogP contribution is -2.18. The predicted octanol–water partition coefficient (Wildman–Crippen LogP) is 4.34. The SMILES string of the molecule is COc1ccc(CN[C@H](C)c2cccc(F)c2)cc1Cl. The van der Waals surface area contributed by atoms with Gasteiger partial charge in [0.05, 0.1) is 12.1 Å². The average molecular weight is 294 g/mol. The molecule has 0 radical (unpaired) electrons. The third-order valence-corrected chi connectivity index (χ3v) is 3.47. The van der Waals surface area contributed by atoms with Gasteiger partial charge in [-0.15, -0.1) is 0 Å². The first-order valence-electron chi connectivity index (χ1n) is 6.41. The Morgan fingerprint density at radius 1 is 1.25 bits per heavy atom. The van der Waals surface area contributed by atoms with Crippen LogP contribution >= 0.6 is 11.6 Å². The van der Waals surface area contributed by atoms with E-state index in [2.05, 4.69) is 5.32 Å². The van der Waals surface area contributed by atoms with Crippen molar-refractivity contribution in [3.05, 3.63) is 64.4 Å². The largest absolute Gasteiger partial charge is 0.495 e. The summed E-state index contributed by atoms with van der Waals surface area (Å²) in [6.07, 6.45) is 0. The first-order valence-corrected chi connectivity index (χ1v) is 6.79. The zero-order valence-corrected chi connectivity index (χ0v) is 12.2. The number of methoxy groups -OCH3 is 1. The molecule has 2 aromatic carbocycles. The van der Waals surface area contributed by atoms with Gasteiger partial charge < -0.3 is 10.1 Å². The van der Waals surface area contributed by atoms with Crippen molar-refractivity contribution in [1.82, 2.24) is 5.32 Å². The molecular formula is C16H17ClFNO. The van der Waals surface area contributed by atoms with E-state index in [1.165, 1.54) is 6.07 Å². The van der Waals surface area contributed by atoms with E-state index < -0.39 is 0 Å². The monoisotopic (exact) mass is 293 g/mol. The fourth-order valence-corrected chi connectivity index (χ4v) is 2.26. The van der Waals surface area contributed by atoms with E-state index in [1.54, 1.807) is 19.2 Å². The van der Waals surface area contributed by atoms with E-state index in [9.17, 15) is 4.39 Å². The molecule has 106 valence electrons. The lowest BCUT2D eigenvalue weighted by atomic mass is 10.1. The molecule has 4 heteroatoms. The summed E-state index contributed by atoms with van der Waals surface area (Å²) in [6.45, 7) is 2.65. The van der Waals surface area contributed by atoms with Gasteiger partial charge in [-0.3, -0.25) is 0 Å². The minimum absolute atomic E-state index is 0.0616. The van der Waals surface area contributed by atoms with Gasteiger partial charge in [-0.05, 0) is 42.3 Å². The fraction of sp³-hybridized carbons (Fsp3) is 0.250. The molecular weight excluding hydrogens is 277 g/mol. The number of ether oxygens (including phenoxy) is 1. The molecule has 0 heterocycles. The molecule has 0 aliphatic carbocycles. The zero-order chi connectivity index (χ0) is 14.5. The van der Waals surface area contributed by atoms with Crippen LogP contribution in [0.4, 0.5) is 4.39 Å². The van der Waals surface area contributed by atoms with E-state index >= 15 is 0 Å². The molecule has 0 fully saturated rings. The summed E-state index contributed by atoms with van der Waals surface area (Å²) in [7, 11) is 1.59. The Balaban J connectivity index is 1.99. The second-order valence-electron chi connectivity index (χ2n) is 4.63. The second-order valence-corrected chi connectivity index (χ2v) is 5.03. The maximum atomic E-state index is 13.2. The molecule has 0 bridgehead atoms. The predicted molar refractivity (Wildman–Crippen MR) is 79.7 cm³/mol. The first kappa shape index (κ1) is 14.8. The van der Waals surface area contributed by atoms with Crippen molar-refractivity contribution >= 4 is 11.6 Å². The van der Waals surface area contributed by atoms with Gasteiger partial charge in [-0.25, -0.2) is 4.39 Å². The Labute approximate surface area is 123 Å². The molecule has 2 nitrogen and oxygen atoms in total. The highest BCUT2D eigenvalue weighted by Gasteiger charge is 2.07. The van der Waals surface area contributed by atoms with Crippen LogP contribution in [0.5, 0.6) is 5.75 Å². The van der Waals surface area contributed by atoms with Crippen LogP contribution in [-0.2, 0) is 6.54 Å². The summed E-state index contributed by atoms with van der Waals surface area (Å²) in [4.78, 5) is 0. The summed E-state index contributed by atoms with van der Waals surface area (Å²) in [5.41, 5.74) is 1.98.